The summed E-state index contributed by atoms with van der Waals surface area (Å²) < 4.78 is 0. The molecule has 0 radical (unpaired) electrons. The number of carbonyl (C=O) groups is 2. The maximum Gasteiger partial charge on any atom is 0.240 e. The minimum absolute atomic E-state index is 0.00445. The Morgan fingerprint density at radius 2 is 1.75 bits per heavy atom. The highest BCUT2D eigenvalue weighted by Gasteiger charge is 2.15. The zero-order valence-corrected chi connectivity index (χ0v) is 12.2. The Labute approximate surface area is 119 Å². The highest BCUT2D eigenvalue weighted by Crippen LogP contribution is 2.19. The van der Waals surface area contributed by atoms with Crippen LogP contribution in [0, 0.1) is 0 Å². The van der Waals surface area contributed by atoms with Gasteiger partial charge in [0.25, 0.3) is 0 Å². The van der Waals surface area contributed by atoms with Crippen molar-refractivity contribution in [1.29, 1.82) is 0 Å². The predicted molar refractivity (Wildman–Crippen MR) is 82.0 cm³/mol. The van der Waals surface area contributed by atoms with E-state index in [2.05, 4.69) is 11.9 Å². The van der Waals surface area contributed by atoms with E-state index in [1.54, 1.807) is 6.08 Å². The van der Waals surface area contributed by atoms with E-state index < -0.39 is 0 Å². The van der Waals surface area contributed by atoms with E-state index in [-0.39, 0.29) is 18.4 Å². The average Bonchev–Trinajstić information content (AvgIpc) is 2.42. The van der Waals surface area contributed by atoms with Gasteiger partial charge in [0, 0.05) is 38.9 Å². The monoisotopic (exact) mass is 275 g/mol. The Bertz CT molecular complexity index is 480. The van der Waals surface area contributed by atoms with Crippen molar-refractivity contribution in [1.82, 2.24) is 5.32 Å². The van der Waals surface area contributed by atoms with Crippen molar-refractivity contribution in [2.24, 2.45) is 0 Å². The van der Waals surface area contributed by atoms with Gasteiger partial charge in [-0.25, -0.2) is 0 Å². The molecule has 0 heterocycles. The number of rotatable bonds is 6. The highest BCUT2D eigenvalue weighted by molar-refractivity contribution is 5.97. The van der Waals surface area contributed by atoms with Crippen molar-refractivity contribution in [2.45, 2.75) is 6.92 Å². The fourth-order valence-electron chi connectivity index (χ4n) is 1.70. The Hall–Kier alpha value is -2.30. The maximum atomic E-state index is 11.7. The molecule has 1 aromatic carbocycles. The quantitative estimate of drug-likeness (QED) is 0.799. The zero-order chi connectivity index (χ0) is 15.1. The molecule has 5 heteroatoms. The standard InChI is InChI=1S/C15H21N3O2/c1-5-10-16-15(20)11-18(12(2)19)14-8-6-13(7-9-14)17(3)4/h5-9H,1,10-11H2,2-4H3,(H,16,20). The molecular weight excluding hydrogens is 254 g/mol. The van der Waals surface area contributed by atoms with Crippen LogP contribution in [0.3, 0.4) is 0 Å². The van der Waals surface area contributed by atoms with Crippen LogP contribution in [0.2, 0.25) is 0 Å². The molecule has 5 nitrogen and oxygen atoms in total. The minimum atomic E-state index is -0.211. The molecule has 2 amide bonds. The van der Waals surface area contributed by atoms with Gasteiger partial charge in [-0.3, -0.25) is 9.59 Å². The van der Waals surface area contributed by atoms with Crippen LogP contribution in [0.15, 0.2) is 36.9 Å². The molecule has 0 aliphatic carbocycles. The van der Waals surface area contributed by atoms with Crippen molar-refractivity contribution >= 4 is 23.2 Å². The smallest absolute Gasteiger partial charge is 0.240 e. The molecule has 0 aromatic heterocycles. The van der Waals surface area contributed by atoms with Crippen molar-refractivity contribution in [3.05, 3.63) is 36.9 Å². The zero-order valence-electron chi connectivity index (χ0n) is 12.2. The first kappa shape index (κ1) is 15.8. The van der Waals surface area contributed by atoms with Crippen LogP contribution in [0.4, 0.5) is 11.4 Å². The van der Waals surface area contributed by atoms with Gasteiger partial charge in [-0.2, -0.15) is 0 Å². The van der Waals surface area contributed by atoms with Gasteiger partial charge in [0.2, 0.25) is 11.8 Å². The molecule has 0 spiro atoms. The Kier molecular flexibility index (Phi) is 5.77. The molecule has 0 bridgehead atoms. The number of nitrogens with one attached hydrogen (secondary N) is 1. The lowest BCUT2D eigenvalue weighted by Crippen LogP contribution is -2.39. The van der Waals surface area contributed by atoms with Gasteiger partial charge < -0.3 is 15.1 Å². The van der Waals surface area contributed by atoms with E-state index in [1.165, 1.54) is 11.8 Å². The van der Waals surface area contributed by atoms with Gasteiger partial charge in [0.1, 0.15) is 6.54 Å². The predicted octanol–water partition coefficient (Wildman–Crippen LogP) is 1.41. The number of nitrogens with zero attached hydrogens (tertiary/aromatic N) is 2. The van der Waals surface area contributed by atoms with E-state index in [9.17, 15) is 9.59 Å². The maximum absolute atomic E-state index is 11.7. The summed E-state index contributed by atoms with van der Waals surface area (Å²) in [4.78, 5) is 26.8. The van der Waals surface area contributed by atoms with Crippen LogP contribution >= 0.6 is 0 Å². The van der Waals surface area contributed by atoms with E-state index in [0.29, 0.717) is 12.2 Å². The average molecular weight is 275 g/mol. The summed E-state index contributed by atoms with van der Waals surface area (Å²) in [6, 6.07) is 7.48. The Balaban J connectivity index is 2.82. The lowest BCUT2D eigenvalue weighted by molar-refractivity contribution is -0.122. The van der Waals surface area contributed by atoms with Crippen molar-refractivity contribution in [3.63, 3.8) is 0 Å². The second kappa shape index (κ2) is 7.33. The van der Waals surface area contributed by atoms with Crippen LogP contribution < -0.4 is 15.1 Å². The van der Waals surface area contributed by atoms with Gasteiger partial charge >= 0.3 is 0 Å². The van der Waals surface area contributed by atoms with Crippen LogP contribution in [0.25, 0.3) is 0 Å². The van der Waals surface area contributed by atoms with Crippen molar-refractivity contribution in [3.8, 4) is 0 Å². The molecule has 1 N–H and O–H groups in total. The van der Waals surface area contributed by atoms with Gasteiger partial charge in [-0.15, -0.1) is 6.58 Å². The van der Waals surface area contributed by atoms with Gasteiger partial charge in [-0.05, 0) is 24.3 Å². The summed E-state index contributed by atoms with van der Waals surface area (Å²) in [7, 11) is 3.89. The van der Waals surface area contributed by atoms with E-state index in [0.717, 1.165) is 5.69 Å². The van der Waals surface area contributed by atoms with Crippen molar-refractivity contribution < 1.29 is 9.59 Å². The van der Waals surface area contributed by atoms with Gasteiger partial charge in [0.05, 0.1) is 0 Å². The van der Waals surface area contributed by atoms with E-state index in [1.807, 2.05) is 43.3 Å². The summed E-state index contributed by atoms with van der Waals surface area (Å²) in [5.41, 5.74) is 1.74. The third kappa shape index (κ3) is 4.42. The molecule has 0 aliphatic rings. The van der Waals surface area contributed by atoms with Crippen LogP contribution in [0.5, 0.6) is 0 Å². The molecule has 0 saturated heterocycles. The molecule has 0 saturated carbocycles. The summed E-state index contributed by atoms with van der Waals surface area (Å²) in [6.45, 7) is 5.37. The second-order valence-corrected chi connectivity index (χ2v) is 4.61. The lowest BCUT2D eigenvalue weighted by Gasteiger charge is -2.21. The highest BCUT2D eigenvalue weighted by atomic mass is 16.2. The number of carbonyl (C=O) groups excluding carboxylic acids is 2. The number of anilines is 2. The fraction of sp³-hybridized carbons (Fsp3) is 0.333. The second-order valence-electron chi connectivity index (χ2n) is 4.61. The third-order valence-corrected chi connectivity index (χ3v) is 2.80. The summed E-state index contributed by atoms with van der Waals surface area (Å²) >= 11 is 0. The summed E-state index contributed by atoms with van der Waals surface area (Å²) in [5, 5.41) is 2.66. The first-order valence-corrected chi connectivity index (χ1v) is 6.38. The first-order chi connectivity index (χ1) is 9.45. The first-order valence-electron chi connectivity index (χ1n) is 6.38. The molecule has 0 atom stereocenters. The molecule has 108 valence electrons. The molecule has 0 fully saturated rings. The van der Waals surface area contributed by atoms with Gasteiger partial charge in [0.15, 0.2) is 0 Å². The molecular formula is C15H21N3O2. The summed E-state index contributed by atoms with van der Waals surface area (Å²) in [5.74, 6) is -0.381. The topological polar surface area (TPSA) is 52.7 Å². The van der Waals surface area contributed by atoms with E-state index in [4.69, 9.17) is 0 Å². The Morgan fingerprint density at radius 3 is 2.20 bits per heavy atom. The SMILES string of the molecule is C=CCNC(=O)CN(C(C)=O)c1ccc(N(C)C)cc1. The number of benzene rings is 1. The van der Waals surface area contributed by atoms with Crippen molar-refractivity contribution in [2.75, 3.05) is 37.0 Å². The number of amides is 2. The normalized spacial score (nSPS) is 9.75. The Morgan fingerprint density at radius 1 is 1.20 bits per heavy atom. The van der Waals surface area contributed by atoms with Gasteiger partial charge in [-0.1, -0.05) is 6.08 Å². The third-order valence-electron chi connectivity index (χ3n) is 2.80. The van der Waals surface area contributed by atoms with E-state index >= 15 is 0 Å². The van der Waals surface area contributed by atoms with Crippen LogP contribution in [-0.2, 0) is 9.59 Å². The molecule has 20 heavy (non-hydrogen) atoms. The molecule has 0 unspecified atom stereocenters. The summed E-state index contributed by atoms with van der Waals surface area (Å²) in [6.07, 6.45) is 1.60. The lowest BCUT2D eigenvalue weighted by atomic mass is 10.2. The number of hydrogen-bond acceptors (Lipinski definition) is 3. The molecule has 0 aliphatic heterocycles. The van der Waals surface area contributed by atoms with Crippen LogP contribution in [-0.4, -0.2) is 39.0 Å². The molecule has 1 rings (SSSR count). The largest absolute Gasteiger partial charge is 0.378 e. The minimum Gasteiger partial charge on any atom is -0.378 e. The fourth-order valence-corrected chi connectivity index (χ4v) is 1.70. The number of hydrogen-bond donors (Lipinski definition) is 1. The van der Waals surface area contributed by atoms with Crippen LogP contribution in [0.1, 0.15) is 6.92 Å². The molecule has 1 aromatic rings.